The minimum absolute atomic E-state index is 0.308. The molecule has 0 spiro atoms. The summed E-state index contributed by atoms with van der Waals surface area (Å²) in [4.78, 5) is 20.0. The molecule has 2 aromatic carbocycles. The van der Waals surface area contributed by atoms with Crippen LogP contribution in [0.2, 0.25) is 0 Å². The van der Waals surface area contributed by atoms with Crippen LogP contribution >= 0.6 is 7.60 Å². The number of nitrogens with zero attached hydrogens (tertiary/aromatic N) is 2. The molecule has 0 amide bonds. The predicted molar refractivity (Wildman–Crippen MR) is 102 cm³/mol. The summed E-state index contributed by atoms with van der Waals surface area (Å²) in [5.74, 6) is -0.433. The number of aliphatic hydroxyl groups is 1. The molecule has 26 heavy (non-hydrogen) atoms. The van der Waals surface area contributed by atoms with E-state index in [4.69, 9.17) is 0 Å². The van der Waals surface area contributed by atoms with Crippen LogP contribution in [-0.2, 0) is 10.1 Å². The second-order valence-electron chi connectivity index (χ2n) is 6.84. The van der Waals surface area contributed by atoms with Crippen LogP contribution in [0.3, 0.4) is 0 Å². The van der Waals surface area contributed by atoms with Crippen LogP contribution in [0.5, 0.6) is 0 Å². The summed E-state index contributed by atoms with van der Waals surface area (Å²) in [7, 11) is -3.02. The maximum Gasteiger partial charge on any atom is 0.359 e. The first-order valence-corrected chi connectivity index (χ1v) is 9.85. The highest BCUT2D eigenvalue weighted by molar-refractivity contribution is 7.56. The summed E-state index contributed by atoms with van der Waals surface area (Å²) in [5, 5.41) is 13.7. The van der Waals surface area contributed by atoms with Crippen molar-refractivity contribution in [2.45, 2.75) is 26.3 Å². The number of hydrogen-bond donors (Lipinski definition) is 3. The highest BCUT2D eigenvalue weighted by Crippen LogP contribution is 2.61. The van der Waals surface area contributed by atoms with Crippen molar-refractivity contribution in [1.29, 1.82) is 0 Å². The average molecular weight is 374 g/mol. The molecule has 0 radical (unpaired) electrons. The van der Waals surface area contributed by atoms with Crippen molar-refractivity contribution in [1.82, 2.24) is 5.01 Å². The summed E-state index contributed by atoms with van der Waals surface area (Å²) in [5.41, 5.74) is 2.12. The molecule has 1 unspecified atom stereocenters. The van der Waals surface area contributed by atoms with Crippen LogP contribution in [0, 0.1) is 13.8 Å². The van der Waals surface area contributed by atoms with Gasteiger partial charge in [-0.1, -0.05) is 36.4 Å². The molecule has 1 atom stereocenters. The minimum Gasteiger partial charge on any atom is -0.493 e. The largest absolute Gasteiger partial charge is 0.493 e. The maximum absolute atomic E-state index is 12.3. The maximum atomic E-state index is 12.3. The zero-order chi connectivity index (χ0) is 19.3. The predicted octanol–water partition coefficient (Wildman–Crippen LogP) is 3.79. The van der Waals surface area contributed by atoms with Gasteiger partial charge in [-0.05, 0) is 49.6 Å². The molecule has 3 N–H and O–H groups in total. The van der Waals surface area contributed by atoms with Crippen LogP contribution in [0.4, 0.5) is 5.69 Å². The summed E-state index contributed by atoms with van der Waals surface area (Å²) in [6.07, 6.45) is 0. The Balaban J connectivity index is 2.27. The Kier molecular flexibility index (Phi) is 4.49. The van der Waals surface area contributed by atoms with Gasteiger partial charge < -0.3 is 14.9 Å². The van der Waals surface area contributed by atoms with Gasteiger partial charge in [-0.3, -0.25) is 4.57 Å². The summed E-state index contributed by atoms with van der Waals surface area (Å²) < 4.78 is 12.3. The first-order chi connectivity index (χ1) is 12.1. The van der Waals surface area contributed by atoms with Crippen molar-refractivity contribution in [3.05, 3.63) is 76.4 Å². The fourth-order valence-electron chi connectivity index (χ4n) is 3.68. The lowest BCUT2D eigenvalue weighted by atomic mass is 9.92. The molecule has 7 heteroatoms. The van der Waals surface area contributed by atoms with Gasteiger partial charge in [-0.15, -0.1) is 0 Å². The number of rotatable bonds is 3. The topological polar surface area (TPSA) is 84.2 Å². The number of aliphatic hydroxyl groups excluding tert-OH is 1. The third-order valence-corrected chi connectivity index (χ3v) is 6.12. The Hall–Kier alpha value is -2.11. The molecule has 6 nitrogen and oxygen atoms in total. The molecule has 0 saturated heterocycles. The summed E-state index contributed by atoms with van der Waals surface area (Å²) >= 11 is 0. The number of benzene rings is 2. The molecule has 1 aliphatic heterocycles. The van der Waals surface area contributed by atoms with Crippen molar-refractivity contribution in [2.24, 2.45) is 0 Å². The molecule has 0 aromatic heterocycles. The van der Waals surface area contributed by atoms with E-state index in [9.17, 15) is 19.5 Å². The summed E-state index contributed by atoms with van der Waals surface area (Å²) in [6, 6.07) is 14.8. The highest BCUT2D eigenvalue weighted by atomic mass is 31.2. The Morgan fingerprint density at radius 2 is 1.54 bits per heavy atom. The molecule has 138 valence electrons. The van der Waals surface area contributed by atoms with E-state index in [1.807, 2.05) is 50.2 Å². The average Bonchev–Trinajstić information content (AvgIpc) is 2.74. The first kappa shape index (κ1) is 18.7. The smallest absolute Gasteiger partial charge is 0.359 e. The lowest BCUT2D eigenvalue weighted by Gasteiger charge is -2.38. The summed E-state index contributed by atoms with van der Waals surface area (Å²) in [6.45, 7) is 5.58. The molecule has 3 rings (SSSR count). The van der Waals surface area contributed by atoms with E-state index in [1.54, 1.807) is 31.1 Å². The third-order valence-electron chi connectivity index (χ3n) is 4.90. The van der Waals surface area contributed by atoms with Gasteiger partial charge >= 0.3 is 7.60 Å². The molecule has 0 saturated carbocycles. The first-order valence-electron chi connectivity index (χ1n) is 8.24. The van der Waals surface area contributed by atoms with Crippen molar-refractivity contribution in [3.8, 4) is 0 Å². The van der Waals surface area contributed by atoms with E-state index < -0.39 is 19.0 Å². The van der Waals surface area contributed by atoms with E-state index in [2.05, 4.69) is 0 Å². The number of hydrazine groups is 1. The van der Waals surface area contributed by atoms with Crippen molar-refractivity contribution in [2.75, 3.05) is 12.1 Å². The van der Waals surface area contributed by atoms with Crippen LogP contribution in [-0.4, -0.2) is 26.9 Å². The molecular weight excluding hydrogens is 351 g/mol. The van der Waals surface area contributed by atoms with Crippen molar-refractivity contribution in [3.63, 3.8) is 0 Å². The monoisotopic (exact) mass is 374 g/mol. The zero-order valence-corrected chi connectivity index (χ0v) is 16.1. The van der Waals surface area contributed by atoms with Gasteiger partial charge in [-0.2, -0.15) is 0 Å². The third kappa shape index (κ3) is 2.85. The fourth-order valence-corrected chi connectivity index (χ4v) is 4.88. The number of anilines is 1. The Morgan fingerprint density at radius 3 is 2.04 bits per heavy atom. The van der Waals surface area contributed by atoms with Gasteiger partial charge in [0, 0.05) is 7.05 Å². The van der Waals surface area contributed by atoms with E-state index in [-0.39, 0.29) is 5.31 Å². The normalized spacial score (nSPS) is 21.5. The van der Waals surface area contributed by atoms with Gasteiger partial charge in [0.25, 0.3) is 0 Å². The Morgan fingerprint density at radius 1 is 1.00 bits per heavy atom. The van der Waals surface area contributed by atoms with Gasteiger partial charge in [0.1, 0.15) is 10.9 Å². The number of likely N-dealkylation sites (N-methyl/N-ethyl adjacent to an activating group) is 1. The van der Waals surface area contributed by atoms with E-state index >= 15 is 0 Å². The number of aryl methyl sites for hydroxylation is 2. The second kappa shape index (κ2) is 6.25. The molecule has 0 fully saturated rings. The van der Waals surface area contributed by atoms with Crippen LogP contribution < -0.4 is 5.01 Å². The van der Waals surface area contributed by atoms with Gasteiger partial charge in [0.05, 0.1) is 5.69 Å². The van der Waals surface area contributed by atoms with Crippen LogP contribution in [0.15, 0.2) is 59.7 Å². The van der Waals surface area contributed by atoms with E-state index in [1.165, 1.54) is 5.01 Å². The standard InChI is InChI=1S/C19H23N2O4P/c1-13-10-14(2)12-16(11-13)21-18(22)17(26(23,24)25)19(3,20(21)4)15-8-6-5-7-9-15/h5-12,22H,1-4H3,(H2,23,24,25). The second-order valence-corrected chi connectivity index (χ2v) is 8.37. The minimum atomic E-state index is -4.73. The molecule has 1 aliphatic rings. The lowest BCUT2D eigenvalue weighted by Crippen LogP contribution is -2.46. The molecule has 0 bridgehead atoms. The van der Waals surface area contributed by atoms with Gasteiger partial charge in [-0.25, -0.2) is 10.0 Å². The van der Waals surface area contributed by atoms with Gasteiger partial charge in [0.15, 0.2) is 0 Å². The quantitative estimate of drug-likeness (QED) is 0.709. The van der Waals surface area contributed by atoms with E-state index in [0.29, 0.717) is 11.3 Å². The van der Waals surface area contributed by atoms with Crippen LogP contribution in [0.1, 0.15) is 23.6 Å². The molecule has 0 aliphatic carbocycles. The number of hydrogen-bond acceptors (Lipinski definition) is 4. The van der Waals surface area contributed by atoms with Crippen LogP contribution in [0.25, 0.3) is 0 Å². The lowest BCUT2D eigenvalue weighted by molar-refractivity contribution is 0.186. The van der Waals surface area contributed by atoms with Crippen molar-refractivity contribution >= 4 is 13.3 Å². The van der Waals surface area contributed by atoms with E-state index in [0.717, 1.165) is 11.1 Å². The molecule has 2 aromatic rings. The fraction of sp³-hybridized carbons (Fsp3) is 0.263. The molecular formula is C19H23N2O4P. The zero-order valence-electron chi connectivity index (χ0n) is 15.2. The SMILES string of the molecule is Cc1cc(C)cc(N2C(O)=C(P(=O)(O)O)C(C)(c3ccccc3)N2C)c1. The van der Waals surface area contributed by atoms with Gasteiger partial charge in [0.2, 0.25) is 5.88 Å². The van der Waals surface area contributed by atoms with Crippen molar-refractivity contribution < 1.29 is 19.5 Å². The Bertz CT molecular complexity index is 902. The highest BCUT2D eigenvalue weighted by Gasteiger charge is 2.55. The Labute approximate surface area is 153 Å². The molecule has 1 heterocycles.